The van der Waals surface area contributed by atoms with Gasteiger partial charge < -0.3 is 20.4 Å². The molecule has 1 unspecified atom stereocenters. The first-order chi connectivity index (χ1) is 7.37. The highest BCUT2D eigenvalue weighted by Gasteiger charge is 2.38. The van der Waals surface area contributed by atoms with Gasteiger partial charge in [0.1, 0.15) is 5.41 Å². The molecule has 0 aromatic carbocycles. The third-order valence-corrected chi connectivity index (χ3v) is 2.40. The lowest BCUT2D eigenvalue weighted by Gasteiger charge is -2.26. The van der Waals surface area contributed by atoms with Gasteiger partial charge in [0.15, 0.2) is 6.10 Å². The second kappa shape index (κ2) is 4.46. The summed E-state index contributed by atoms with van der Waals surface area (Å²) in [5, 5.41) is 35.8. The van der Waals surface area contributed by atoms with Gasteiger partial charge >= 0.3 is 11.9 Å². The zero-order valence-electron chi connectivity index (χ0n) is 8.28. The average molecular weight is 228 g/mol. The predicted molar refractivity (Wildman–Crippen MR) is 52.6 cm³/mol. The van der Waals surface area contributed by atoms with E-state index in [-0.39, 0.29) is 0 Å². The number of hydrogen-bond donors (Lipinski definition) is 4. The van der Waals surface area contributed by atoms with Crippen LogP contribution in [0.3, 0.4) is 0 Å². The summed E-state index contributed by atoms with van der Waals surface area (Å²) >= 11 is 0. The van der Waals surface area contributed by atoms with Crippen LogP contribution in [0.25, 0.3) is 0 Å². The molecule has 88 valence electrons. The van der Waals surface area contributed by atoms with Crippen LogP contribution in [0.2, 0.25) is 0 Å². The number of aliphatic hydroxyl groups excluding tert-OH is 2. The zero-order valence-corrected chi connectivity index (χ0v) is 8.28. The average Bonchev–Trinajstić information content (AvgIpc) is 2.21. The Labute approximate surface area is 91.1 Å². The van der Waals surface area contributed by atoms with Crippen LogP contribution < -0.4 is 0 Å². The molecular formula is C10H12O6. The van der Waals surface area contributed by atoms with Crippen LogP contribution in [0, 0.1) is 5.41 Å². The van der Waals surface area contributed by atoms with Gasteiger partial charge in [0, 0.05) is 6.42 Å². The van der Waals surface area contributed by atoms with E-state index in [2.05, 4.69) is 0 Å². The van der Waals surface area contributed by atoms with Crippen LogP contribution in [-0.2, 0) is 9.59 Å². The predicted octanol–water partition coefficient (Wildman–Crippen LogP) is -0.620. The van der Waals surface area contributed by atoms with E-state index in [9.17, 15) is 9.59 Å². The van der Waals surface area contributed by atoms with E-state index in [1.807, 2.05) is 0 Å². The summed E-state index contributed by atoms with van der Waals surface area (Å²) in [6.45, 7) is 0. The minimum Gasteiger partial charge on any atom is -0.480 e. The van der Waals surface area contributed by atoms with Gasteiger partial charge in [-0.25, -0.2) is 4.79 Å². The molecule has 0 fully saturated rings. The van der Waals surface area contributed by atoms with E-state index in [0.29, 0.717) is 0 Å². The highest BCUT2D eigenvalue weighted by Crippen LogP contribution is 2.31. The molecule has 0 saturated carbocycles. The van der Waals surface area contributed by atoms with Gasteiger partial charge in [-0.3, -0.25) is 4.79 Å². The topological polar surface area (TPSA) is 115 Å². The number of carbonyl (C=O) groups is 2. The van der Waals surface area contributed by atoms with E-state index < -0.39 is 36.0 Å². The maximum Gasteiger partial charge on any atom is 0.332 e. The Morgan fingerprint density at radius 2 is 1.75 bits per heavy atom. The van der Waals surface area contributed by atoms with Crippen LogP contribution in [0.5, 0.6) is 0 Å². The van der Waals surface area contributed by atoms with E-state index in [1.54, 1.807) is 0 Å². The number of carboxylic acids is 2. The summed E-state index contributed by atoms with van der Waals surface area (Å²) in [7, 11) is 0. The van der Waals surface area contributed by atoms with Crippen molar-refractivity contribution in [3.05, 3.63) is 24.3 Å². The zero-order chi connectivity index (χ0) is 12.3. The van der Waals surface area contributed by atoms with Gasteiger partial charge in [-0.1, -0.05) is 24.3 Å². The molecule has 0 aliphatic heterocycles. The molecular weight excluding hydrogens is 216 g/mol. The van der Waals surface area contributed by atoms with Crippen molar-refractivity contribution in [3.8, 4) is 0 Å². The molecule has 4 N–H and O–H groups in total. The Balaban J connectivity index is 2.92. The van der Waals surface area contributed by atoms with Crippen LogP contribution >= 0.6 is 0 Å². The first kappa shape index (κ1) is 12.4. The number of hydrogen-bond acceptors (Lipinski definition) is 4. The first-order valence-electron chi connectivity index (χ1n) is 4.58. The summed E-state index contributed by atoms with van der Waals surface area (Å²) in [4.78, 5) is 21.5. The Bertz CT molecular complexity index is 342. The fourth-order valence-electron chi connectivity index (χ4n) is 1.43. The third-order valence-electron chi connectivity index (χ3n) is 2.40. The maximum absolute atomic E-state index is 11.1. The molecule has 0 saturated heterocycles. The van der Waals surface area contributed by atoms with Gasteiger partial charge in [0.25, 0.3) is 0 Å². The fraction of sp³-hybridized carbons (Fsp3) is 0.400. The molecule has 6 heteroatoms. The normalized spacial score (nSPS) is 30.0. The van der Waals surface area contributed by atoms with Crippen LogP contribution in [0.4, 0.5) is 0 Å². The van der Waals surface area contributed by atoms with E-state index >= 15 is 0 Å². The molecule has 0 amide bonds. The molecule has 0 spiro atoms. The second-order valence-electron chi connectivity index (χ2n) is 3.61. The van der Waals surface area contributed by atoms with E-state index in [1.165, 1.54) is 24.3 Å². The minimum atomic E-state index is -1.76. The summed E-state index contributed by atoms with van der Waals surface area (Å²) in [5.41, 5.74) is -1.57. The van der Waals surface area contributed by atoms with Gasteiger partial charge in [-0.2, -0.15) is 0 Å². The smallest absolute Gasteiger partial charge is 0.332 e. The molecule has 0 aromatic heterocycles. The van der Waals surface area contributed by atoms with Crippen LogP contribution in [0.1, 0.15) is 6.42 Å². The van der Waals surface area contributed by atoms with Gasteiger partial charge in [-0.05, 0) is 0 Å². The van der Waals surface area contributed by atoms with E-state index in [4.69, 9.17) is 20.4 Å². The van der Waals surface area contributed by atoms with Crippen molar-refractivity contribution in [2.45, 2.75) is 18.6 Å². The fourth-order valence-corrected chi connectivity index (χ4v) is 1.43. The molecule has 0 heterocycles. The summed E-state index contributed by atoms with van der Waals surface area (Å²) < 4.78 is 0. The van der Waals surface area contributed by atoms with Crippen molar-refractivity contribution < 1.29 is 30.0 Å². The lowest BCUT2D eigenvalue weighted by Crippen LogP contribution is -2.36. The lowest BCUT2D eigenvalue weighted by atomic mass is 9.79. The summed E-state index contributed by atoms with van der Waals surface area (Å²) in [6.07, 6.45) is 1.73. The number of carboxylic acid groups (broad SMARTS) is 2. The molecule has 0 aromatic rings. The SMILES string of the molecule is O=C(O)C(O)CC1(C(=O)O)C=CC(O)C=C1. The number of aliphatic carboxylic acids is 2. The van der Waals surface area contributed by atoms with Gasteiger partial charge in [-0.15, -0.1) is 0 Å². The van der Waals surface area contributed by atoms with Crippen molar-refractivity contribution in [2.24, 2.45) is 5.41 Å². The first-order valence-corrected chi connectivity index (χ1v) is 4.58. The quantitative estimate of drug-likeness (QED) is 0.477. The lowest BCUT2D eigenvalue weighted by molar-refractivity contribution is -0.151. The molecule has 1 aliphatic rings. The molecule has 0 radical (unpaired) electrons. The largest absolute Gasteiger partial charge is 0.480 e. The minimum absolute atomic E-state index is 0.475. The summed E-state index contributed by atoms with van der Waals surface area (Å²) in [6, 6.07) is 0. The van der Waals surface area contributed by atoms with Gasteiger partial charge in [0.2, 0.25) is 0 Å². The molecule has 6 nitrogen and oxygen atoms in total. The molecule has 0 bridgehead atoms. The number of rotatable bonds is 4. The van der Waals surface area contributed by atoms with Crippen molar-refractivity contribution >= 4 is 11.9 Å². The Morgan fingerprint density at radius 1 is 1.25 bits per heavy atom. The highest BCUT2D eigenvalue weighted by molar-refractivity contribution is 5.82. The Kier molecular flexibility index (Phi) is 3.46. The third kappa shape index (κ3) is 2.47. The Morgan fingerprint density at radius 3 is 2.12 bits per heavy atom. The van der Waals surface area contributed by atoms with Crippen molar-refractivity contribution in [1.29, 1.82) is 0 Å². The van der Waals surface area contributed by atoms with E-state index in [0.717, 1.165) is 0 Å². The van der Waals surface area contributed by atoms with Gasteiger partial charge in [0.05, 0.1) is 6.10 Å². The maximum atomic E-state index is 11.1. The highest BCUT2D eigenvalue weighted by atomic mass is 16.4. The molecule has 1 rings (SSSR count). The standard InChI is InChI=1S/C10H12O6/c11-6-1-3-10(4-2-6,9(15)16)5-7(12)8(13)14/h1-4,6-7,11-12H,5H2,(H,13,14)(H,15,16). The molecule has 1 atom stereocenters. The van der Waals surface area contributed by atoms with Crippen molar-refractivity contribution in [1.82, 2.24) is 0 Å². The van der Waals surface area contributed by atoms with Crippen molar-refractivity contribution in [3.63, 3.8) is 0 Å². The molecule has 16 heavy (non-hydrogen) atoms. The monoisotopic (exact) mass is 228 g/mol. The van der Waals surface area contributed by atoms with Crippen molar-refractivity contribution in [2.75, 3.05) is 0 Å². The molecule has 1 aliphatic carbocycles. The van der Waals surface area contributed by atoms with Crippen LogP contribution in [0.15, 0.2) is 24.3 Å². The summed E-state index contributed by atoms with van der Waals surface area (Å²) in [5.74, 6) is -2.75. The Hall–Kier alpha value is -1.66. The number of aliphatic hydroxyl groups is 2. The second-order valence-corrected chi connectivity index (χ2v) is 3.61. The van der Waals surface area contributed by atoms with Crippen LogP contribution in [-0.4, -0.2) is 44.6 Å².